The van der Waals surface area contributed by atoms with Gasteiger partial charge in [-0.15, -0.1) is 0 Å². The van der Waals surface area contributed by atoms with Crippen LogP contribution in [-0.4, -0.2) is 48.3 Å². The summed E-state index contributed by atoms with van der Waals surface area (Å²) >= 11 is 0. The van der Waals surface area contributed by atoms with Crippen LogP contribution in [0.3, 0.4) is 0 Å². The number of benzene rings is 2. The average Bonchev–Trinajstić information content (AvgIpc) is 2.85. The number of anilines is 3. The van der Waals surface area contributed by atoms with E-state index in [9.17, 15) is 22.0 Å². The van der Waals surface area contributed by atoms with Crippen LogP contribution in [0.5, 0.6) is 0 Å². The monoisotopic (exact) mass is 526 g/mol. The van der Waals surface area contributed by atoms with Crippen molar-refractivity contribution in [3.63, 3.8) is 0 Å². The Kier molecular flexibility index (Phi) is 6.63. The summed E-state index contributed by atoms with van der Waals surface area (Å²) in [4.78, 5) is 21.8. The largest absolute Gasteiger partial charge is 0.481 e. The number of sulfone groups is 1. The first kappa shape index (κ1) is 24.8. The molecule has 8 nitrogen and oxygen atoms in total. The molecule has 0 bridgehead atoms. The van der Waals surface area contributed by atoms with Crippen molar-refractivity contribution in [3.05, 3.63) is 77.0 Å². The lowest BCUT2D eigenvalue weighted by Crippen LogP contribution is -2.31. The summed E-state index contributed by atoms with van der Waals surface area (Å²) < 4.78 is 54.9. The van der Waals surface area contributed by atoms with Crippen LogP contribution in [0.2, 0.25) is 0 Å². The highest BCUT2D eigenvalue weighted by Gasteiger charge is 2.31. The Hall–Kier alpha value is -3.86. The lowest BCUT2D eigenvalue weighted by atomic mass is 9.99. The lowest BCUT2D eigenvalue weighted by Gasteiger charge is -2.29. The summed E-state index contributed by atoms with van der Waals surface area (Å²) in [5, 5.41) is 11.8. The Morgan fingerprint density at radius 3 is 2.59 bits per heavy atom. The van der Waals surface area contributed by atoms with Crippen LogP contribution in [-0.2, 0) is 27.5 Å². The van der Waals surface area contributed by atoms with Crippen LogP contribution in [0.1, 0.15) is 29.7 Å². The van der Waals surface area contributed by atoms with E-state index in [0.29, 0.717) is 49.6 Å². The molecule has 2 aromatic carbocycles. The van der Waals surface area contributed by atoms with Crippen LogP contribution < -0.4 is 10.2 Å². The number of carboxylic acids is 1. The van der Waals surface area contributed by atoms with Gasteiger partial charge in [-0.2, -0.15) is 4.98 Å². The second-order valence-electron chi connectivity index (χ2n) is 8.99. The van der Waals surface area contributed by atoms with Crippen molar-refractivity contribution in [1.82, 2.24) is 9.97 Å². The van der Waals surface area contributed by atoms with Gasteiger partial charge < -0.3 is 15.3 Å². The molecule has 0 radical (unpaired) electrons. The number of aliphatic carboxylic acids is 1. The Balaban J connectivity index is 1.49. The van der Waals surface area contributed by atoms with Gasteiger partial charge in [0.1, 0.15) is 16.5 Å². The highest BCUT2D eigenvalue weighted by molar-refractivity contribution is 7.91. The standard InChI is InChI=1S/C26H24F2N4O4S/c27-19-5-2-1-4-18(19)17-9-11-32(12-10-17)26-30-22-6-3-13-37(35,36)24(22)25(31-26)29-21-8-7-16(14-20(21)28)15-23(33)34/h1-2,4-5,7-9,14H,3,6,10-13,15H2,(H,33,34)(H,29,30,31). The number of carboxylic acid groups (broad SMARTS) is 1. The van der Waals surface area contributed by atoms with Crippen molar-refractivity contribution in [2.24, 2.45) is 0 Å². The number of carbonyl (C=O) groups is 1. The number of rotatable bonds is 6. The van der Waals surface area contributed by atoms with Gasteiger partial charge >= 0.3 is 5.97 Å². The predicted molar refractivity (Wildman–Crippen MR) is 135 cm³/mol. The van der Waals surface area contributed by atoms with E-state index in [1.54, 1.807) is 18.2 Å². The predicted octanol–water partition coefficient (Wildman–Crippen LogP) is 4.14. The Morgan fingerprint density at radius 1 is 1.08 bits per heavy atom. The minimum Gasteiger partial charge on any atom is -0.481 e. The molecule has 0 unspecified atom stereocenters. The Bertz CT molecular complexity index is 1520. The van der Waals surface area contributed by atoms with Gasteiger partial charge in [0.25, 0.3) is 0 Å². The molecule has 0 aliphatic carbocycles. The average molecular weight is 527 g/mol. The number of hydrogen-bond donors (Lipinski definition) is 2. The topological polar surface area (TPSA) is 112 Å². The molecule has 1 aromatic heterocycles. The molecule has 3 heterocycles. The number of hydrogen-bond acceptors (Lipinski definition) is 7. The molecular weight excluding hydrogens is 502 g/mol. The number of halogens is 2. The van der Waals surface area contributed by atoms with E-state index >= 15 is 0 Å². The van der Waals surface area contributed by atoms with Gasteiger partial charge in [0.2, 0.25) is 5.95 Å². The molecule has 0 amide bonds. The third-order valence-electron chi connectivity index (χ3n) is 6.42. The smallest absolute Gasteiger partial charge is 0.307 e. The van der Waals surface area contributed by atoms with Crippen molar-refractivity contribution < 1.29 is 27.1 Å². The summed E-state index contributed by atoms with van der Waals surface area (Å²) in [5.74, 6) is -1.89. The summed E-state index contributed by atoms with van der Waals surface area (Å²) in [7, 11) is -3.69. The normalized spacial score (nSPS) is 16.6. The van der Waals surface area contributed by atoms with E-state index in [4.69, 9.17) is 5.11 Å². The molecule has 0 saturated carbocycles. The SMILES string of the molecule is O=C(O)Cc1ccc(Nc2nc(N3CC=C(c4ccccc4F)CC3)nc3c2S(=O)(=O)CCC3)c(F)c1. The van der Waals surface area contributed by atoms with E-state index in [0.717, 1.165) is 11.6 Å². The highest BCUT2D eigenvalue weighted by atomic mass is 32.2. The molecule has 5 rings (SSSR count). The van der Waals surface area contributed by atoms with Gasteiger partial charge in [0.15, 0.2) is 15.7 Å². The van der Waals surface area contributed by atoms with Crippen molar-refractivity contribution in [2.45, 2.75) is 30.6 Å². The van der Waals surface area contributed by atoms with Gasteiger partial charge in [-0.25, -0.2) is 22.2 Å². The van der Waals surface area contributed by atoms with Crippen LogP contribution in [0.15, 0.2) is 53.4 Å². The van der Waals surface area contributed by atoms with E-state index < -0.39 is 21.6 Å². The lowest BCUT2D eigenvalue weighted by molar-refractivity contribution is -0.136. The molecule has 2 N–H and O–H groups in total. The van der Waals surface area contributed by atoms with Crippen LogP contribution in [0.25, 0.3) is 5.57 Å². The van der Waals surface area contributed by atoms with Crippen LogP contribution in [0, 0.1) is 11.6 Å². The van der Waals surface area contributed by atoms with Gasteiger partial charge in [-0.3, -0.25) is 4.79 Å². The van der Waals surface area contributed by atoms with Crippen molar-refractivity contribution in [1.29, 1.82) is 0 Å². The maximum atomic E-state index is 14.8. The zero-order valence-electron chi connectivity index (χ0n) is 19.7. The molecule has 192 valence electrons. The second-order valence-corrected chi connectivity index (χ2v) is 11.0. The second kappa shape index (κ2) is 9.89. The van der Waals surface area contributed by atoms with Crippen LogP contribution >= 0.6 is 0 Å². The summed E-state index contributed by atoms with van der Waals surface area (Å²) in [6.45, 7) is 0.885. The highest BCUT2D eigenvalue weighted by Crippen LogP contribution is 2.35. The molecule has 0 spiro atoms. The molecule has 0 saturated heterocycles. The first-order valence-electron chi connectivity index (χ1n) is 11.8. The number of nitrogens with zero attached hydrogens (tertiary/aromatic N) is 3. The van der Waals surface area contributed by atoms with Crippen molar-refractivity contribution >= 4 is 38.8 Å². The minimum atomic E-state index is -3.69. The van der Waals surface area contributed by atoms with Crippen molar-refractivity contribution in [3.8, 4) is 0 Å². The fourth-order valence-corrected chi connectivity index (χ4v) is 6.25. The summed E-state index contributed by atoms with van der Waals surface area (Å²) in [6.07, 6.45) is 2.96. The zero-order chi connectivity index (χ0) is 26.2. The quantitative estimate of drug-likeness (QED) is 0.493. The first-order chi connectivity index (χ1) is 17.7. The van der Waals surface area contributed by atoms with Gasteiger partial charge in [-0.1, -0.05) is 30.3 Å². The van der Waals surface area contributed by atoms with E-state index in [1.165, 1.54) is 18.2 Å². The van der Waals surface area contributed by atoms with Crippen molar-refractivity contribution in [2.75, 3.05) is 29.1 Å². The molecule has 0 atom stereocenters. The Labute approximate surface area is 212 Å². The number of aromatic nitrogens is 2. The zero-order valence-corrected chi connectivity index (χ0v) is 20.6. The number of nitrogens with one attached hydrogen (secondary N) is 1. The van der Waals surface area contributed by atoms with Gasteiger partial charge in [0, 0.05) is 18.7 Å². The number of aryl methyl sites for hydroxylation is 1. The first-order valence-corrected chi connectivity index (χ1v) is 13.5. The molecule has 3 aromatic rings. The van der Waals surface area contributed by atoms with E-state index in [1.807, 2.05) is 11.0 Å². The summed E-state index contributed by atoms with van der Waals surface area (Å²) in [6, 6.07) is 10.5. The molecule has 2 aliphatic heterocycles. The molecule has 0 fully saturated rings. The fraction of sp³-hybridized carbons (Fsp3) is 0.269. The fourth-order valence-electron chi connectivity index (χ4n) is 4.63. The van der Waals surface area contributed by atoms with Crippen LogP contribution in [0.4, 0.5) is 26.2 Å². The third-order valence-corrected chi connectivity index (χ3v) is 8.29. The van der Waals surface area contributed by atoms with E-state index in [-0.39, 0.29) is 40.0 Å². The molecule has 11 heteroatoms. The molecule has 37 heavy (non-hydrogen) atoms. The minimum absolute atomic E-state index is 0.0199. The number of fused-ring (bicyclic) bond motifs is 1. The van der Waals surface area contributed by atoms with Gasteiger partial charge in [0.05, 0.1) is 23.6 Å². The molecule has 2 aliphatic rings. The Morgan fingerprint density at radius 2 is 1.89 bits per heavy atom. The maximum absolute atomic E-state index is 14.8. The van der Waals surface area contributed by atoms with Gasteiger partial charge in [-0.05, 0) is 48.6 Å². The maximum Gasteiger partial charge on any atom is 0.307 e. The van der Waals surface area contributed by atoms with E-state index in [2.05, 4.69) is 15.3 Å². The third kappa shape index (κ3) is 5.17. The molecular formula is C26H24F2N4O4S. The summed E-state index contributed by atoms with van der Waals surface area (Å²) in [5.41, 5.74) is 2.03.